The number of nitrogens with one attached hydrogen (secondary N) is 3. The third-order valence-corrected chi connectivity index (χ3v) is 7.61. The van der Waals surface area contributed by atoms with Gasteiger partial charge in [-0.25, -0.2) is 4.79 Å². The van der Waals surface area contributed by atoms with Crippen molar-refractivity contribution in [3.05, 3.63) is 53.2 Å². The standard InChI is InChI=1S/C22H21N5O3S.C4H8/c1-12-8-13-9-14(2-3-16(13)24-12)25-17-4-6-23-18-10-19(31-20(17)18)21(28)27-7-5-15(11-27)26-22(29)30;1-2-4-3-1/h2-4,6,8-10,15,24,26H,5,7,11H2,1H3,(H,23,25)(H,29,30);1-4H2. The molecule has 35 heavy (non-hydrogen) atoms. The second kappa shape index (κ2) is 9.95. The van der Waals surface area contributed by atoms with Crippen LogP contribution in [0.15, 0.2) is 42.6 Å². The number of carboxylic acid groups (broad SMARTS) is 1. The second-order valence-corrected chi connectivity index (χ2v) is 10.2. The number of H-pyrrole nitrogens is 1. The van der Waals surface area contributed by atoms with Crippen LogP contribution in [0.4, 0.5) is 16.2 Å². The molecule has 1 saturated carbocycles. The van der Waals surface area contributed by atoms with Crippen LogP contribution < -0.4 is 10.6 Å². The van der Waals surface area contributed by atoms with E-state index in [4.69, 9.17) is 5.11 Å². The molecule has 1 saturated heterocycles. The molecule has 4 aromatic rings. The number of hydrogen-bond acceptors (Lipinski definition) is 5. The van der Waals surface area contributed by atoms with Crippen molar-refractivity contribution >= 4 is 55.8 Å². The Morgan fingerprint density at radius 2 is 1.94 bits per heavy atom. The summed E-state index contributed by atoms with van der Waals surface area (Å²) in [4.78, 5) is 33.9. The van der Waals surface area contributed by atoms with Gasteiger partial charge in [-0.1, -0.05) is 25.7 Å². The first kappa shape index (κ1) is 23.2. The van der Waals surface area contributed by atoms with E-state index in [1.54, 1.807) is 11.1 Å². The van der Waals surface area contributed by atoms with Crippen molar-refractivity contribution in [1.29, 1.82) is 0 Å². The van der Waals surface area contributed by atoms with Gasteiger partial charge in [-0.3, -0.25) is 9.78 Å². The zero-order chi connectivity index (χ0) is 24.4. The van der Waals surface area contributed by atoms with Crippen LogP contribution in [0.1, 0.15) is 47.5 Å². The SMILES string of the molecule is C1CCC1.Cc1cc2cc(Nc3ccnc4cc(C(=O)N5CCC(NC(=O)O)C5)sc34)ccc2[nH]1. The largest absolute Gasteiger partial charge is 0.465 e. The van der Waals surface area contributed by atoms with Gasteiger partial charge in [0.25, 0.3) is 5.91 Å². The van der Waals surface area contributed by atoms with Crippen LogP contribution in [-0.2, 0) is 0 Å². The van der Waals surface area contributed by atoms with E-state index in [1.807, 2.05) is 31.2 Å². The topological polar surface area (TPSA) is 110 Å². The fraction of sp³-hybridized carbons (Fsp3) is 0.346. The minimum atomic E-state index is -1.06. The molecule has 1 aliphatic carbocycles. The number of hydrogen-bond donors (Lipinski definition) is 4. The van der Waals surface area contributed by atoms with Crippen molar-refractivity contribution in [3.8, 4) is 0 Å². The number of aromatic nitrogens is 2. The maximum atomic E-state index is 13.0. The van der Waals surface area contributed by atoms with E-state index in [1.165, 1.54) is 37.0 Å². The molecular formula is C26H29N5O3S. The number of fused-ring (bicyclic) bond motifs is 2. The Hall–Kier alpha value is -3.59. The smallest absolute Gasteiger partial charge is 0.404 e. The molecule has 2 fully saturated rings. The summed E-state index contributed by atoms with van der Waals surface area (Å²) in [6.07, 6.45) is 7.29. The van der Waals surface area contributed by atoms with Gasteiger partial charge >= 0.3 is 6.09 Å². The summed E-state index contributed by atoms with van der Waals surface area (Å²) in [6, 6.07) is 11.7. The number of carbonyl (C=O) groups is 2. The van der Waals surface area contributed by atoms with Gasteiger partial charge < -0.3 is 25.6 Å². The van der Waals surface area contributed by atoms with Crippen molar-refractivity contribution in [2.75, 3.05) is 18.4 Å². The third kappa shape index (κ3) is 5.24. The Morgan fingerprint density at radius 1 is 1.14 bits per heavy atom. The highest BCUT2D eigenvalue weighted by molar-refractivity contribution is 7.21. The highest BCUT2D eigenvalue weighted by Crippen LogP contribution is 2.34. The summed E-state index contributed by atoms with van der Waals surface area (Å²) < 4.78 is 0.913. The molecule has 1 unspecified atom stereocenters. The Bertz CT molecular complexity index is 1370. The first-order valence-corrected chi connectivity index (χ1v) is 12.8. The summed E-state index contributed by atoms with van der Waals surface area (Å²) in [5, 5.41) is 15.9. The summed E-state index contributed by atoms with van der Waals surface area (Å²) >= 11 is 1.40. The maximum absolute atomic E-state index is 13.0. The van der Waals surface area contributed by atoms with E-state index in [9.17, 15) is 9.59 Å². The second-order valence-electron chi connectivity index (χ2n) is 9.16. The lowest BCUT2D eigenvalue weighted by Gasteiger charge is -2.15. The highest BCUT2D eigenvalue weighted by Gasteiger charge is 2.29. The van der Waals surface area contributed by atoms with Crippen molar-refractivity contribution in [2.24, 2.45) is 0 Å². The molecule has 1 aromatic carbocycles. The van der Waals surface area contributed by atoms with E-state index < -0.39 is 6.09 Å². The lowest BCUT2D eigenvalue weighted by molar-refractivity contribution is 0.0793. The lowest BCUT2D eigenvalue weighted by atomic mass is 10.0. The molecule has 1 atom stereocenters. The molecule has 2 amide bonds. The van der Waals surface area contributed by atoms with Crippen LogP contribution in [0.5, 0.6) is 0 Å². The quantitative estimate of drug-likeness (QED) is 0.285. The molecule has 4 heterocycles. The minimum absolute atomic E-state index is 0.0899. The van der Waals surface area contributed by atoms with Gasteiger partial charge in [0.1, 0.15) is 0 Å². The molecule has 4 N–H and O–H groups in total. The molecule has 0 bridgehead atoms. The van der Waals surface area contributed by atoms with Crippen LogP contribution in [0.3, 0.4) is 0 Å². The number of carbonyl (C=O) groups excluding carboxylic acids is 1. The molecule has 0 radical (unpaired) electrons. The first-order valence-electron chi connectivity index (χ1n) is 12.0. The minimum Gasteiger partial charge on any atom is -0.465 e. The van der Waals surface area contributed by atoms with Crippen LogP contribution in [0.25, 0.3) is 21.1 Å². The van der Waals surface area contributed by atoms with Gasteiger partial charge in [0.2, 0.25) is 0 Å². The number of likely N-dealkylation sites (tertiary alicyclic amines) is 1. The zero-order valence-electron chi connectivity index (χ0n) is 19.6. The molecule has 1 aliphatic heterocycles. The van der Waals surface area contributed by atoms with Gasteiger partial charge in [0, 0.05) is 41.6 Å². The van der Waals surface area contributed by atoms with Gasteiger partial charge in [0.05, 0.1) is 26.8 Å². The Kier molecular flexibility index (Phi) is 6.59. The van der Waals surface area contributed by atoms with Crippen molar-refractivity contribution in [3.63, 3.8) is 0 Å². The Labute approximate surface area is 207 Å². The maximum Gasteiger partial charge on any atom is 0.404 e. The van der Waals surface area contributed by atoms with Crippen molar-refractivity contribution in [2.45, 2.75) is 45.1 Å². The van der Waals surface area contributed by atoms with Crippen molar-refractivity contribution in [1.82, 2.24) is 20.2 Å². The number of benzene rings is 1. The monoisotopic (exact) mass is 491 g/mol. The van der Waals surface area contributed by atoms with E-state index in [-0.39, 0.29) is 11.9 Å². The number of pyridine rings is 1. The number of anilines is 2. The zero-order valence-corrected chi connectivity index (χ0v) is 20.5. The molecular weight excluding hydrogens is 462 g/mol. The number of nitrogens with zero attached hydrogens (tertiary/aromatic N) is 2. The van der Waals surface area contributed by atoms with Gasteiger partial charge in [0.15, 0.2) is 0 Å². The molecule has 6 rings (SSSR count). The predicted molar refractivity (Wildman–Crippen MR) is 140 cm³/mol. The summed E-state index contributed by atoms with van der Waals surface area (Å²) in [6.45, 7) is 2.95. The van der Waals surface area contributed by atoms with Gasteiger partial charge in [-0.2, -0.15) is 0 Å². The fourth-order valence-electron chi connectivity index (χ4n) is 4.30. The first-order chi connectivity index (χ1) is 17.0. The van der Waals surface area contributed by atoms with Crippen LogP contribution >= 0.6 is 11.3 Å². The molecule has 3 aromatic heterocycles. The van der Waals surface area contributed by atoms with Crippen LogP contribution in [0.2, 0.25) is 0 Å². The number of thiophene rings is 1. The van der Waals surface area contributed by atoms with E-state index >= 15 is 0 Å². The number of aryl methyl sites for hydroxylation is 1. The molecule has 2 aliphatic rings. The average molecular weight is 492 g/mol. The van der Waals surface area contributed by atoms with E-state index in [2.05, 4.69) is 32.7 Å². The number of aromatic amines is 1. The predicted octanol–water partition coefficient (Wildman–Crippen LogP) is 5.87. The highest BCUT2D eigenvalue weighted by atomic mass is 32.1. The lowest BCUT2D eigenvalue weighted by Crippen LogP contribution is -2.37. The van der Waals surface area contributed by atoms with Crippen LogP contribution in [0, 0.1) is 6.92 Å². The molecule has 182 valence electrons. The molecule has 9 heteroatoms. The van der Waals surface area contributed by atoms with E-state index in [0.717, 1.165) is 38.2 Å². The number of amides is 2. The van der Waals surface area contributed by atoms with Gasteiger partial charge in [-0.15, -0.1) is 11.3 Å². The number of rotatable bonds is 4. The van der Waals surface area contributed by atoms with Crippen molar-refractivity contribution < 1.29 is 14.7 Å². The fourth-order valence-corrected chi connectivity index (χ4v) is 5.35. The normalized spacial score (nSPS) is 17.1. The van der Waals surface area contributed by atoms with E-state index in [0.29, 0.717) is 24.4 Å². The van der Waals surface area contributed by atoms with Gasteiger partial charge in [-0.05, 0) is 49.7 Å². The third-order valence-electron chi connectivity index (χ3n) is 6.46. The molecule has 8 nitrogen and oxygen atoms in total. The average Bonchev–Trinajstić information content (AvgIpc) is 3.49. The Balaban J connectivity index is 0.000000577. The summed E-state index contributed by atoms with van der Waals surface area (Å²) in [5.74, 6) is -0.0899. The summed E-state index contributed by atoms with van der Waals surface area (Å²) in [5.41, 5.74) is 4.82. The van der Waals surface area contributed by atoms with Crippen LogP contribution in [-0.4, -0.2) is 51.1 Å². The Morgan fingerprint density at radius 3 is 2.69 bits per heavy atom. The summed E-state index contributed by atoms with van der Waals surface area (Å²) in [7, 11) is 0. The molecule has 0 spiro atoms.